The van der Waals surface area contributed by atoms with Crippen LogP contribution >= 0.6 is 11.8 Å². The van der Waals surface area contributed by atoms with Gasteiger partial charge in [0.15, 0.2) is 5.17 Å². The van der Waals surface area contributed by atoms with Gasteiger partial charge in [0, 0.05) is 17.8 Å². The van der Waals surface area contributed by atoms with E-state index < -0.39 is 5.25 Å². The molecule has 3 rings (SSSR count). The average Bonchev–Trinajstić information content (AvgIpc) is 3.01. The van der Waals surface area contributed by atoms with E-state index in [9.17, 15) is 9.59 Å². The minimum Gasteiger partial charge on any atom is -0.497 e. The number of carbonyl (C=O) groups excluding carboxylic acids is 2. The van der Waals surface area contributed by atoms with Crippen LogP contribution < -0.4 is 15.4 Å². The van der Waals surface area contributed by atoms with Crippen molar-refractivity contribution < 1.29 is 14.3 Å². The van der Waals surface area contributed by atoms with Crippen molar-refractivity contribution in [2.75, 3.05) is 12.4 Å². The number of amidine groups is 1. The number of nitrogens with zero attached hydrogens (tertiary/aromatic N) is 2. The summed E-state index contributed by atoms with van der Waals surface area (Å²) in [6.07, 6.45) is 5.57. The lowest BCUT2D eigenvalue weighted by Gasteiger charge is -2.10. The smallest absolute Gasteiger partial charge is 0.240 e. The zero-order valence-corrected chi connectivity index (χ0v) is 15.5. The Labute approximate surface area is 156 Å². The van der Waals surface area contributed by atoms with E-state index in [2.05, 4.69) is 20.8 Å². The lowest BCUT2D eigenvalue weighted by Crippen LogP contribution is -2.28. The Balaban J connectivity index is 1.52. The third-order valence-electron chi connectivity index (χ3n) is 4.23. The van der Waals surface area contributed by atoms with Gasteiger partial charge in [-0.15, -0.1) is 5.10 Å². The quantitative estimate of drug-likeness (QED) is 0.775. The van der Waals surface area contributed by atoms with E-state index in [0.29, 0.717) is 16.6 Å². The number of ether oxygens (including phenoxy) is 1. The predicted octanol–water partition coefficient (Wildman–Crippen LogP) is 2.93. The third kappa shape index (κ3) is 5.08. The minimum absolute atomic E-state index is 0.0815. The maximum atomic E-state index is 12.2. The van der Waals surface area contributed by atoms with Crippen molar-refractivity contribution in [3.8, 4) is 5.75 Å². The van der Waals surface area contributed by atoms with Crippen LogP contribution in [-0.2, 0) is 9.59 Å². The summed E-state index contributed by atoms with van der Waals surface area (Å²) in [5, 5.41) is 13.9. The first-order chi connectivity index (χ1) is 12.6. The maximum Gasteiger partial charge on any atom is 0.240 e. The molecule has 2 N–H and O–H groups in total. The van der Waals surface area contributed by atoms with Gasteiger partial charge in [-0.1, -0.05) is 18.2 Å². The molecular weight excluding hydrogens is 352 g/mol. The fraction of sp³-hybridized carbons (Fsp3) is 0.444. The fourth-order valence-electron chi connectivity index (χ4n) is 2.82. The second-order valence-corrected chi connectivity index (χ2v) is 7.40. The number of hydrogen-bond donors (Lipinski definition) is 2. The van der Waals surface area contributed by atoms with Crippen LogP contribution in [0.5, 0.6) is 5.75 Å². The minimum atomic E-state index is -0.487. The Hall–Kier alpha value is -2.35. The third-order valence-corrected chi connectivity index (χ3v) is 5.31. The summed E-state index contributed by atoms with van der Waals surface area (Å²) in [6.45, 7) is 0. The van der Waals surface area contributed by atoms with Crippen LogP contribution in [0.2, 0.25) is 0 Å². The zero-order chi connectivity index (χ0) is 18.4. The molecule has 138 valence electrons. The highest BCUT2D eigenvalue weighted by atomic mass is 32.2. The van der Waals surface area contributed by atoms with Crippen LogP contribution in [0, 0.1) is 0 Å². The van der Waals surface area contributed by atoms with Gasteiger partial charge in [-0.2, -0.15) is 5.10 Å². The number of anilines is 1. The highest BCUT2D eigenvalue weighted by molar-refractivity contribution is 8.15. The molecule has 0 spiro atoms. The van der Waals surface area contributed by atoms with Gasteiger partial charge in [0.2, 0.25) is 11.8 Å². The van der Waals surface area contributed by atoms with Crippen LogP contribution in [0.1, 0.15) is 38.5 Å². The highest BCUT2D eigenvalue weighted by Crippen LogP contribution is 2.24. The van der Waals surface area contributed by atoms with Crippen molar-refractivity contribution in [1.82, 2.24) is 5.32 Å². The van der Waals surface area contributed by atoms with Gasteiger partial charge in [0.05, 0.1) is 7.11 Å². The van der Waals surface area contributed by atoms with Gasteiger partial charge in [0.1, 0.15) is 11.0 Å². The Morgan fingerprint density at radius 2 is 1.96 bits per heavy atom. The summed E-state index contributed by atoms with van der Waals surface area (Å²) in [4.78, 5) is 24.2. The number of rotatable bonds is 5. The van der Waals surface area contributed by atoms with Crippen LogP contribution in [0.3, 0.4) is 0 Å². The number of methoxy groups -OCH3 is 1. The van der Waals surface area contributed by atoms with Crippen molar-refractivity contribution in [1.29, 1.82) is 0 Å². The lowest BCUT2D eigenvalue weighted by atomic mass is 9.99. The van der Waals surface area contributed by atoms with Gasteiger partial charge < -0.3 is 15.4 Å². The molecule has 1 heterocycles. The van der Waals surface area contributed by atoms with Crippen molar-refractivity contribution >= 4 is 40.1 Å². The SMILES string of the molecule is COc1ccc(NC(=O)CC2S/C(=N/N=C3CCCCC3)NC2=O)cc1. The molecule has 1 aliphatic heterocycles. The normalized spacial score (nSPS) is 21.4. The first-order valence-electron chi connectivity index (χ1n) is 8.69. The van der Waals surface area contributed by atoms with Crippen LogP contribution in [0.15, 0.2) is 34.5 Å². The molecule has 2 aliphatic rings. The molecule has 1 aliphatic carbocycles. The molecule has 1 aromatic carbocycles. The van der Waals surface area contributed by atoms with Gasteiger partial charge in [-0.25, -0.2) is 0 Å². The van der Waals surface area contributed by atoms with E-state index in [4.69, 9.17) is 4.74 Å². The standard InChI is InChI=1S/C18H22N4O3S/c1-25-14-9-7-12(8-10-14)19-16(23)11-15-17(24)20-18(26-15)22-21-13-5-3-2-4-6-13/h7-10,15H,2-6,11H2,1H3,(H,19,23)(H,20,22,24). The number of hydrogen-bond acceptors (Lipinski definition) is 6. The molecule has 0 bridgehead atoms. The Morgan fingerprint density at radius 3 is 2.65 bits per heavy atom. The van der Waals surface area contributed by atoms with Crippen molar-refractivity contribution in [3.05, 3.63) is 24.3 Å². The Morgan fingerprint density at radius 1 is 1.23 bits per heavy atom. The average molecular weight is 374 g/mol. The number of amides is 2. The topological polar surface area (TPSA) is 92.2 Å². The molecule has 2 amide bonds. The van der Waals surface area contributed by atoms with E-state index in [1.807, 2.05) is 0 Å². The van der Waals surface area contributed by atoms with Crippen LogP contribution in [0.4, 0.5) is 5.69 Å². The second kappa shape index (κ2) is 8.84. The predicted molar refractivity (Wildman–Crippen MR) is 104 cm³/mol. The number of nitrogens with one attached hydrogen (secondary N) is 2. The summed E-state index contributed by atoms with van der Waals surface area (Å²) in [6, 6.07) is 7.04. The first kappa shape index (κ1) is 18.4. The number of benzene rings is 1. The van der Waals surface area contributed by atoms with E-state index in [0.717, 1.165) is 31.4 Å². The molecule has 26 heavy (non-hydrogen) atoms. The molecule has 1 saturated heterocycles. The fourth-order valence-corrected chi connectivity index (χ4v) is 3.73. The van der Waals surface area contributed by atoms with E-state index >= 15 is 0 Å². The summed E-state index contributed by atoms with van der Waals surface area (Å²) >= 11 is 1.25. The Kier molecular flexibility index (Phi) is 6.27. The Bertz CT molecular complexity index is 722. The van der Waals surface area contributed by atoms with Crippen molar-refractivity contribution in [2.45, 2.75) is 43.8 Å². The molecule has 8 heteroatoms. The maximum absolute atomic E-state index is 12.2. The second-order valence-electron chi connectivity index (χ2n) is 6.21. The molecule has 1 atom stereocenters. The van der Waals surface area contributed by atoms with E-state index in [1.54, 1.807) is 31.4 Å². The molecule has 0 aromatic heterocycles. The molecule has 1 unspecified atom stereocenters. The first-order valence-corrected chi connectivity index (χ1v) is 9.57. The van der Waals surface area contributed by atoms with E-state index in [1.165, 1.54) is 18.2 Å². The van der Waals surface area contributed by atoms with Gasteiger partial charge in [0.25, 0.3) is 0 Å². The van der Waals surface area contributed by atoms with Gasteiger partial charge >= 0.3 is 0 Å². The summed E-state index contributed by atoms with van der Waals surface area (Å²) in [7, 11) is 1.59. The molecule has 1 aromatic rings. The summed E-state index contributed by atoms with van der Waals surface area (Å²) in [5.41, 5.74) is 1.75. The molecule has 1 saturated carbocycles. The van der Waals surface area contributed by atoms with Gasteiger partial charge in [-0.05, 0) is 49.9 Å². The lowest BCUT2D eigenvalue weighted by molar-refractivity contribution is -0.122. The summed E-state index contributed by atoms with van der Waals surface area (Å²) in [5.74, 6) is 0.291. The molecule has 7 nitrogen and oxygen atoms in total. The van der Waals surface area contributed by atoms with Crippen molar-refractivity contribution in [2.24, 2.45) is 10.2 Å². The molecule has 0 radical (unpaired) electrons. The number of carbonyl (C=O) groups is 2. The van der Waals surface area contributed by atoms with E-state index in [-0.39, 0.29) is 18.2 Å². The highest BCUT2D eigenvalue weighted by Gasteiger charge is 2.32. The largest absolute Gasteiger partial charge is 0.497 e. The molecule has 2 fully saturated rings. The van der Waals surface area contributed by atoms with Crippen LogP contribution in [-0.4, -0.2) is 35.1 Å². The number of thioether (sulfide) groups is 1. The zero-order valence-electron chi connectivity index (χ0n) is 14.7. The van der Waals surface area contributed by atoms with Crippen LogP contribution in [0.25, 0.3) is 0 Å². The summed E-state index contributed by atoms with van der Waals surface area (Å²) < 4.78 is 5.08. The van der Waals surface area contributed by atoms with Gasteiger partial charge in [-0.3, -0.25) is 9.59 Å². The van der Waals surface area contributed by atoms with Crippen molar-refractivity contribution in [3.63, 3.8) is 0 Å². The molecular formula is C18H22N4O3S. The monoisotopic (exact) mass is 374 g/mol.